The van der Waals surface area contributed by atoms with Gasteiger partial charge in [0.2, 0.25) is 0 Å². The van der Waals surface area contributed by atoms with Gasteiger partial charge in [0.25, 0.3) is 0 Å². The number of nitrogens with zero attached hydrogens (tertiary/aromatic N) is 2. The average molecular weight is 871 g/mol. The molecule has 320 valence electrons. The molecule has 0 N–H and O–H groups in total. The van der Waals surface area contributed by atoms with Gasteiger partial charge in [-0.25, -0.2) is 0 Å². The van der Waals surface area contributed by atoms with Gasteiger partial charge in [-0.1, -0.05) is 164 Å². The number of furan rings is 2. The largest absolute Gasteiger partial charge is 0.456 e. The molecule has 0 spiro atoms. The van der Waals surface area contributed by atoms with Crippen molar-refractivity contribution in [1.82, 2.24) is 4.57 Å². The summed E-state index contributed by atoms with van der Waals surface area (Å²) in [6.07, 6.45) is 6.39. The van der Waals surface area contributed by atoms with E-state index in [0.717, 1.165) is 102 Å². The van der Waals surface area contributed by atoms with Crippen LogP contribution in [0.2, 0.25) is 0 Å². The van der Waals surface area contributed by atoms with E-state index >= 15 is 0 Å². The van der Waals surface area contributed by atoms with Crippen LogP contribution >= 0.6 is 0 Å². The Morgan fingerprint density at radius 1 is 0.412 bits per heavy atom. The van der Waals surface area contributed by atoms with Gasteiger partial charge in [0.05, 0.1) is 16.7 Å². The molecule has 0 saturated carbocycles. The summed E-state index contributed by atoms with van der Waals surface area (Å²) >= 11 is 0. The lowest BCUT2D eigenvalue weighted by atomic mass is 9.93. The molecule has 0 radical (unpaired) electrons. The number of fused-ring (bicyclic) bond motifs is 10. The van der Waals surface area contributed by atoms with Crippen LogP contribution in [0.1, 0.15) is 18.4 Å². The van der Waals surface area contributed by atoms with Gasteiger partial charge in [-0.15, -0.1) is 0 Å². The minimum atomic E-state index is 0.854. The highest BCUT2D eigenvalue weighted by Gasteiger charge is 2.25. The van der Waals surface area contributed by atoms with Crippen molar-refractivity contribution in [2.45, 2.75) is 12.8 Å². The Morgan fingerprint density at radius 2 is 0.985 bits per heavy atom. The molecule has 1 aliphatic rings. The highest BCUT2D eigenvalue weighted by molar-refractivity contribution is 6.14. The number of aromatic nitrogens is 1. The number of allylic oxidation sites excluding steroid dienone is 4. The second-order valence-electron chi connectivity index (χ2n) is 17.9. The molecule has 13 aromatic rings. The molecule has 0 atom stereocenters. The lowest BCUT2D eigenvalue weighted by molar-refractivity contribution is 0.668. The van der Waals surface area contributed by atoms with Crippen molar-refractivity contribution in [3.63, 3.8) is 0 Å². The number of para-hydroxylation sites is 5. The molecule has 0 aliphatic heterocycles. The number of anilines is 2. The van der Waals surface area contributed by atoms with E-state index in [9.17, 15) is 0 Å². The number of hydrogen-bond acceptors (Lipinski definition) is 3. The van der Waals surface area contributed by atoms with Crippen molar-refractivity contribution in [3.05, 3.63) is 242 Å². The zero-order valence-corrected chi connectivity index (χ0v) is 37.1. The Labute approximate surface area is 392 Å². The fraction of sp³-hybridized carbons (Fsp3) is 0.0312. The molecule has 4 nitrogen and oxygen atoms in total. The third-order valence-corrected chi connectivity index (χ3v) is 14.1. The van der Waals surface area contributed by atoms with Crippen LogP contribution in [0.25, 0.3) is 110 Å². The highest BCUT2D eigenvalue weighted by atomic mass is 16.3. The molecular weight excluding hydrogens is 829 g/mol. The maximum Gasteiger partial charge on any atom is 0.143 e. The normalized spacial score (nSPS) is 13.1. The van der Waals surface area contributed by atoms with Crippen LogP contribution in [-0.2, 0) is 0 Å². The third kappa shape index (κ3) is 6.01. The molecule has 0 bridgehead atoms. The summed E-state index contributed by atoms with van der Waals surface area (Å²) in [4.78, 5) is 2.47. The van der Waals surface area contributed by atoms with Gasteiger partial charge in [-0.05, 0) is 107 Å². The second-order valence-corrected chi connectivity index (χ2v) is 17.9. The Balaban J connectivity index is 0.938. The summed E-state index contributed by atoms with van der Waals surface area (Å²) in [5.74, 6) is 0. The van der Waals surface area contributed by atoms with Gasteiger partial charge in [0.1, 0.15) is 22.3 Å². The Bertz CT molecular complexity index is 4150. The molecule has 0 amide bonds. The minimum Gasteiger partial charge on any atom is -0.456 e. The Morgan fingerprint density at radius 3 is 1.75 bits per heavy atom. The van der Waals surface area contributed by atoms with Gasteiger partial charge in [0, 0.05) is 66.1 Å². The molecule has 0 unspecified atom stereocenters. The first kappa shape index (κ1) is 38.4. The van der Waals surface area contributed by atoms with Crippen molar-refractivity contribution in [3.8, 4) is 27.9 Å². The molecule has 3 aromatic heterocycles. The van der Waals surface area contributed by atoms with E-state index in [1.807, 2.05) is 12.1 Å². The molecule has 1 aliphatic carbocycles. The van der Waals surface area contributed by atoms with E-state index in [1.165, 1.54) is 43.8 Å². The summed E-state index contributed by atoms with van der Waals surface area (Å²) in [6, 6.07) is 78.7. The molecule has 0 fully saturated rings. The third-order valence-electron chi connectivity index (χ3n) is 14.1. The zero-order valence-electron chi connectivity index (χ0n) is 37.1. The van der Waals surface area contributed by atoms with Crippen LogP contribution < -0.4 is 4.90 Å². The smallest absolute Gasteiger partial charge is 0.143 e. The topological polar surface area (TPSA) is 34.5 Å². The van der Waals surface area contributed by atoms with E-state index in [1.54, 1.807) is 0 Å². The van der Waals surface area contributed by atoms with Gasteiger partial charge in [0.15, 0.2) is 0 Å². The van der Waals surface area contributed by atoms with E-state index in [2.05, 4.69) is 228 Å². The van der Waals surface area contributed by atoms with Crippen molar-refractivity contribution >= 4 is 93.4 Å². The molecule has 4 heteroatoms. The summed E-state index contributed by atoms with van der Waals surface area (Å²) in [5.41, 5.74) is 17.4. The van der Waals surface area contributed by atoms with Gasteiger partial charge < -0.3 is 18.3 Å². The van der Waals surface area contributed by atoms with Crippen molar-refractivity contribution in [2.24, 2.45) is 0 Å². The molecular formula is C64H42N2O2. The van der Waals surface area contributed by atoms with Gasteiger partial charge >= 0.3 is 0 Å². The Kier molecular flexibility index (Phi) is 8.68. The van der Waals surface area contributed by atoms with Crippen molar-refractivity contribution in [2.75, 3.05) is 4.90 Å². The van der Waals surface area contributed by atoms with E-state index in [0.29, 0.717) is 0 Å². The summed E-state index contributed by atoms with van der Waals surface area (Å²) in [5, 5.41) is 9.40. The van der Waals surface area contributed by atoms with Gasteiger partial charge in [-0.2, -0.15) is 0 Å². The Hall–Kier alpha value is -8.86. The van der Waals surface area contributed by atoms with Crippen LogP contribution in [0.3, 0.4) is 0 Å². The first-order valence-electron chi connectivity index (χ1n) is 23.5. The van der Waals surface area contributed by atoms with Crippen LogP contribution in [0.15, 0.2) is 245 Å². The fourth-order valence-electron chi connectivity index (χ4n) is 11.0. The molecule has 0 saturated heterocycles. The van der Waals surface area contributed by atoms with Crippen LogP contribution in [-0.4, -0.2) is 4.57 Å². The number of rotatable bonds is 7. The highest BCUT2D eigenvalue weighted by Crippen LogP contribution is 2.45. The monoisotopic (exact) mass is 870 g/mol. The predicted octanol–water partition coefficient (Wildman–Crippen LogP) is 18.0. The quantitative estimate of drug-likeness (QED) is 0.160. The standard InChI is InChI=1S/C64H42N2O2/c1-2-16-44-40-62-55(39-43(44)15-1)53-24-13-23-52(64(53)68-62)51-20-6-9-26-57(51)65(46-37-33-42(34-38-46)48-22-14-30-61-63(48)54-21-7-12-29-60(54)67-61)45-35-31-41(32-36-45)47-17-3-8-25-56(47)66-58-27-10-4-18-49(58)50-19-5-11-28-59(50)66/h1-8,10-25,27-40H,9,26H2. The SMILES string of the molecule is C1=CC(c2cccc3c2oc2cc4ccccc4cc23)=C(N(c2ccc(-c3ccccc3-n3c4ccccc4c4ccccc43)cc2)c2ccc(-c3cccc4oc5ccccc5c34)cc2)CC1. The van der Waals surface area contributed by atoms with E-state index < -0.39 is 0 Å². The first-order valence-corrected chi connectivity index (χ1v) is 23.5. The van der Waals surface area contributed by atoms with Gasteiger partial charge in [-0.3, -0.25) is 0 Å². The number of benzene rings is 10. The van der Waals surface area contributed by atoms with Crippen LogP contribution in [0, 0.1) is 0 Å². The predicted molar refractivity (Wildman–Crippen MR) is 284 cm³/mol. The minimum absolute atomic E-state index is 0.854. The number of hydrogen-bond donors (Lipinski definition) is 0. The van der Waals surface area contributed by atoms with Crippen molar-refractivity contribution < 1.29 is 8.83 Å². The molecule has 10 aromatic carbocycles. The summed E-state index contributed by atoms with van der Waals surface area (Å²) in [7, 11) is 0. The summed E-state index contributed by atoms with van der Waals surface area (Å²) < 4.78 is 15.6. The average Bonchev–Trinajstić information content (AvgIpc) is 4.08. The van der Waals surface area contributed by atoms with E-state index in [4.69, 9.17) is 8.83 Å². The fourth-order valence-corrected chi connectivity index (χ4v) is 11.0. The first-order chi connectivity index (χ1) is 33.7. The molecule has 3 heterocycles. The van der Waals surface area contributed by atoms with E-state index in [-0.39, 0.29) is 0 Å². The maximum absolute atomic E-state index is 6.87. The van der Waals surface area contributed by atoms with Crippen LogP contribution in [0.5, 0.6) is 0 Å². The zero-order chi connectivity index (χ0) is 44.7. The lowest BCUT2D eigenvalue weighted by Crippen LogP contribution is -2.19. The van der Waals surface area contributed by atoms with Crippen LogP contribution in [0.4, 0.5) is 11.4 Å². The lowest BCUT2D eigenvalue weighted by Gasteiger charge is -2.32. The molecule has 14 rings (SSSR count). The summed E-state index contributed by atoms with van der Waals surface area (Å²) in [6.45, 7) is 0. The van der Waals surface area contributed by atoms with Crippen molar-refractivity contribution in [1.29, 1.82) is 0 Å². The second kappa shape index (κ2) is 15.4. The maximum atomic E-state index is 6.87. The molecule has 68 heavy (non-hydrogen) atoms.